The zero-order valence-corrected chi connectivity index (χ0v) is 4.22. The molecule has 1 heterocycles. The molecule has 41 valence electrons. The predicted molar refractivity (Wildman–Crippen MR) is 25.4 cm³/mol. The summed E-state index contributed by atoms with van der Waals surface area (Å²) in [6.45, 7) is 4.38. The van der Waals surface area contributed by atoms with Crippen LogP contribution in [0.5, 0.6) is 0 Å². The van der Waals surface area contributed by atoms with Crippen molar-refractivity contribution >= 4 is 0 Å². The number of rotatable bonds is 0. The molecule has 1 rings (SSSR count). The fraction of sp³-hybridized carbons (Fsp3) is 0.800. The van der Waals surface area contributed by atoms with Crippen LogP contribution < -0.4 is 0 Å². The van der Waals surface area contributed by atoms with Crippen molar-refractivity contribution in [2.45, 2.75) is 18.9 Å². The molecule has 1 radical (unpaired) electrons. The molecule has 0 amide bonds. The van der Waals surface area contributed by atoms with Crippen molar-refractivity contribution in [3.8, 4) is 0 Å². The van der Waals surface area contributed by atoms with E-state index in [0.29, 0.717) is 0 Å². The van der Waals surface area contributed by atoms with E-state index in [1.165, 1.54) is 0 Å². The van der Waals surface area contributed by atoms with E-state index in [0.717, 1.165) is 19.4 Å². The van der Waals surface area contributed by atoms with E-state index in [1.807, 2.05) is 0 Å². The lowest BCUT2D eigenvalue weighted by Crippen LogP contribution is -2.16. The van der Waals surface area contributed by atoms with E-state index in [4.69, 9.17) is 0 Å². The molecule has 0 aromatic carbocycles. The Hall–Kier alpha value is -0.0800. The first-order valence-electron chi connectivity index (χ1n) is 2.51. The normalized spacial score (nSPS) is 33.0. The van der Waals surface area contributed by atoms with Gasteiger partial charge in [-0.3, -0.25) is 0 Å². The fourth-order valence-corrected chi connectivity index (χ4v) is 0.562. The molecule has 1 fully saturated rings. The topological polar surface area (TPSA) is 18.5 Å². The Kier molecular flexibility index (Phi) is 1.65. The van der Waals surface area contributed by atoms with Gasteiger partial charge in [0.05, 0.1) is 12.7 Å². The molecule has 1 atom stereocenters. The molecule has 0 bridgehead atoms. The second-order valence-corrected chi connectivity index (χ2v) is 1.68. The third kappa shape index (κ3) is 1.45. The minimum atomic E-state index is 0.0637. The van der Waals surface area contributed by atoms with Gasteiger partial charge < -0.3 is 0 Å². The molecular formula is C5H9O2. The van der Waals surface area contributed by atoms with Crippen molar-refractivity contribution in [1.82, 2.24) is 0 Å². The van der Waals surface area contributed by atoms with E-state index in [2.05, 4.69) is 16.7 Å². The highest BCUT2D eigenvalue weighted by Crippen LogP contribution is 2.07. The molecule has 2 heteroatoms. The fourth-order valence-electron chi connectivity index (χ4n) is 0.562. The average molecular weight is 101 g/mol. The Morgan fingerprint density at radius 2 is 2.43 bits per heavy atom. The summed E-state index contributed by atoms with van der Waals surface area (Å²) in [5, 5.41) is 0. The second-order valence-electron chi connectivity index (χ2n) is 1.68. The highest BCUT2D eigenvalue weighted by molar-refractivity contribution is 4.59. The largest absolute Gasteiger partial charge is 0.236 e. The highest BCUT2D eigenvalue weighted by Gasteiger charge is 2.07. The SMILES string of the molecule is [CH2]C1CCCOO1. The quantitative estimate of drug-likeness (QED) is 0.422. The Labute approximate surface area is 43.3 Å². The average Bonchev–Trinajstić information content (AvgIpc) is 1.69. The van der Waals surface area contributed by atoms with Crippen molar-refractivity contribution in [1.29, 1.82) is 0 Å². The molecule has 1 aliphatic heterocycles. The smallest absolute Gasteiger partial charge is 0.0931 e. The first-order chi connectivity index (χ1) is 3.39. The van der Waals surface area contributed by atoms with Gasteiger partial charge in [0.15, 0.2) is 0 Å². The molecule has 0 N–H and O–H groups in total. The summed E-state index contributed by atoms with van der Waals surface area (Å²) in [6, 6.07) is 0. The van der Waals surface area contributed by atoms with Gasteiger partial charge in [-0.25, -0.2) is 9.78 Å². The third-order valence-electron chi connectivity index (χ3n) is 0.958. The molecule has 1 aliphatic rings. The molecule has 1 unspecified atom stereocenters. The summed E-state index contributed by atoms with van der Waals surface area (Å²) in [6.07, 6.45) is 2.17. The van der Waals surface area contributed by atoms with Crippen LogP contribution in [0.4, 0.5) is 0 Å². The Morgan fingerprint density at radius 3 is 2.71 bits per heavy atom. The van der Waals surface area contributed by atoms with Crippen LogP contribution in [0.2, 0.25) is 0 Å². The monoisotopic (exact) mass is 101 g/mol. The predicted octanol–water partition coefficient (Wildman–Crippen LogP) is 0.931. The van der Waals surface area contributed by atoms with Gasteiger partial charge in [-0.2, -0.15) is 0 Å². The van der Waals surface area contributed by atoms with Crippen LogP contribution in [0.25, 0.3) is 0 Å². The van der Waals surface area contributed by atoms with Gasteiger partial charge in [-0.1, -0.05) is 0 Å². The lowest BCUT2D eigenvalue weighted by Gasteiger charge is -2.15. The third-order valence-corrected chi connectivity index (χ3v) is 0.958. The minimum Gasteiger partial charge on any atom is -0.236 e. The zero-order valence-electron chi connectivity index (χ0n) is 4.22. The van der Waals surface area contributed by atoms with Gasteiger partial charge in [0.25, 0.3) is 0 Å². The minimum absolute atomic E-state index is 0.0637. The van der Waals surface area contributed by atoms with E-state index >= 15 is 0 Å². The van der Waals surface area contributed by atoms with Crippen molar-refractivity contribution in [2.24, 2.45) is 0 Å². The molecule has 0 aromatic rings. The Balaban J connectivity index is 2.12. The van der Waals surface area contributed by atoms with Crippen molar-refractivity contribution < 1.29 is 9.78 Å². The summed E-state index contributed by atoms with van der Waals surface area (Å²) >= 11 is 0. The van der Waals surface area contributed by atoms with Gasteiger partial charge >= 0.3 is 0 Å². The maximum Gasteiger partial charge on any atom is 0.0931 e. The van der Waals surface area contributed by atoms with Crippen molar-refractivity contribution in [3.05, 3.63) is 6.92 Å². The van der Waals surface area contributed by atoms with Gasteiger partial charge in [-0.15, -0.1) is 0 Å². The molecule has 0 spiro atoms. The standard InChI is InChI=1S/C5H9O2/c1-5-3-2-4-6-7-5/h5H,1-4H2. The molecule has 0 saturated carbocycles. The summed E-state index contributed by atoms with van der Waals surface area (Å²) in [5.41, 5.74) is 0. The van der Waals surface area contributed by atoms with Crippen LogP contribution >= 0.6 is 0 Å². The van der Waals surface area contributed by atoms with E-state index in [9.17, 15) is 0 Å². The van der Waals surface area contributed by atoms with Crippen LogP contribution in [0.1, 0.15) is 12.8 Å². The van der Waals surface area contributed by atoms with Crippen LogP contribution in [-0.2, 0) is 9.78 Å². The van der Waals surface area contributed by atoms with Gasteiger partial charge in [0, 0.05) is 0 Å². The van der Waals surface area contributed by atoms with Crippen LogP contribution in [0, 0.1) is 6.92 Å². The summed E-state index contributed by atoms with van der Waals surface area (Å²) < 4.78 is 0. The van der Waals surface area contributed by atoms with E-state index in [-0.39, 0.29) is 6.10 Å². The Morgan fingerprint density at radius 1 is 1.57 bits per heavy atom. The summed E-state index contributed by atoms with van der Waals surface area (Å²) in [5.74, 6) is 0. The van der Waals surface area contributed by atoms with Crippen LogP contribution in [0.15, 0.2) is 0 Å². The van der Waals surface area contributed by atoms with Crippen LogP contribution in [0.3, 0.4) is 0 Å². The summed E-state index contributed by atoms with van der Waals surface area (Å²) in [4.78, 5) is 9.29. The van der Waals surface area contributed by atoms with Crippen LogP contribution in [-0.4, -0.2) is 12.7 Å². The van der Waals surface area contributed by atoms with Crippen molar-refractivity contribution in [3.63, 3.8) is 0 Å². The lowest BCUT2D eigenvalue weighted by molar-refractivity contribution is -0.334. The van der Waals surface area contributed by atoms with Gasteiger partial charge in [-0.05, 0) is 19.8 Å². The number of hydrogen-bond donors (Lipinski definition) is 0. The zero-order chi connectivity index (χ0) is 5.11. The van der Waals surface area contributed by atoms with Gasteiger partial charge in [0.2, 0.25) is 0 Å². The second kappa shape index (κ2) is 2.28. The first-order valence-corrected chi connectivity index (χ1v) is 2.51. The molecule has 0 aliphatic carbocycles. The van der Waals surface area contributed by atoms with Gasteiger partial charge in [0.1, 0.15) is 0 Å². The molecular weight excluding hydrogens is 92.1 g/mol. The first kappa shape index (κ1) is 5.06. The van der Waals surface area contributed by atoms with E-state index < -0.39 is 0 Å². The molecule has 0 aromatic heterocycles. The molecule has 1 saturated heterocycles. The molecule has 2 nitrogen and oxygen atoms in total. The van der Waals surface area contributed by atoms with E-state index in [1.54, 1.807) is 0 Å². The summed E-state index contributed by atoms with van der Waals surface area (Å²) in [7, 11) is 0. The van der Waals surface area contributed by atoms with Crippen molar-refractivity contribution in [2.75, 3.05) is 6.61 Å². The Bertz CT molecular complexity index is 48.0. The maximum absolute atomic E-state index is 4.67. The number of hydrogen-bond acceptors (Lipinski definition) is 2. The molecule has 7 heavy (non-hydrogen) atoms. The highest BCUT2D eigenvalue weighted by atomic mass is 17.2. The maximum atomic E-state index is 4.67. The lowest BCUT2D eigenvalue weighted by atomic mass is 10.2.